The summed E-state index contributed by atoms with van der Waals surface area (Å²) >= 11 is 0. The molecule has 2 unspecified atom stereocenters. The fraction of sp³-hybridized carbons (Fsp3) is 0.875. The van der Waals surface area contributed by atoms with Crippen molar-refractivity contribution in [2.45, 2.75) is 38.1 Å². The Labute approximate surface area is 155 Å². The summed E-state index contributed by atoms with van der Waals surface area (Å²) in [6, 6.07) is -0.122. The van der Waals surface area contributed by atoms with Gasteiger partial charge >= 0.3 is 5.97 Å². The van der Waals surface area contributed by atoms with Gasteiger partial charge in [0.05, 0.1) is 19.6 Å². The largest absolute Gasteiger partial charge is 0.469 e. The Hall–Kier alpha value is -1.23. The molecule has 2 N–H and O–H groups in total. The van der Waals surface area contributed by atoms with Crippen molar-refractivity contribution in [3.63, 3.8) is 0 Å². The molecule has 2 heterocycles. The molecule has 2 aliphatic heterocycles. The summed E-state index contributed by atoms with van der Waals surface area (Å²) < 4.78 is 32.5. The first kappa shape index (κ1) is 21.1. The topological polar surface area (TPSA) is 108 Å². The van der Waals surface area contributed by atoms with Crippen LogP contribution in [0.4, 0.5) is 0 Å². The van der Waals surface area contributed by atoms with Crippen LogP contribution < -0.4 is 10.6 Å². The van der Waals surface area contributed by atoms with E-state index in [1.165, 1.54) is 22.8 Å². The third-order valence-electron chi connectivity index (χ3n) is 5.00. The molecule has 2 fully saturated rings. The maximum absolute atomic E-state index is 12.7. The lowest BCUT2D eigenvalue weighted by atomic mass is 9.99. The summed E-state index contributed by atoms with van der Waals surface area (Å²) in [6.45, 7) is 2.27. The number of hydrogen-bond acceptors (Lipinski definition) is 6. The molecule has 9 nitrogen and oxygen atoms in total. The van der Waals surface area contributed by atoms with Crippen LogP contribution in [0.2, 0.25) is 0 Å². The Bertz CT molecular complexity index is 591. The Kier molecular flexibility index (Phi) is 7.81. The van der Waals surface area contributed by atoms with Crippen LogP contribution >= 0.6 is 0 Å². The van der Waals surface area contributed by atoms with Gasteiger partial charge in [-0.25, -0.2) is 0 Å². The third-order valence-corrected chi connectivity index (χ3v) is 6.96. The number of esters is 1. The molecule has 0 aromatic rings. The van der Waals surface area contributed by atoms with E-state index in [9.17, 15) is 18.0 Å². The Morgan fingerprint density at radius 3 is 2.73 bits per heavy atom. The van der Waals surface area contributed by atoms with Crippen molar-refractivity contribution in [3.8, 4) is 0 Å². The molecule has 0 bridgehead atoms. The first-order valence-electron chi connectivity index (χ1n) is 9.14. The quantitative estimate of drug-likeness (QED) is 0.531. The summed E-state index contributed by atoms with van der Waals surface area (Å²) in [5.41, 5.74) is 0. The van der Waals surface area contributed by atoms with Gasteiger partial charge in [-0.1, -0.05) is 0 Å². The number of piperidine rings is 1. The van der Waals surface area contributed by atoms with Crippen LogP contribution in [0.15, 0.2) is 0 Å². The minimum Gasteiger partial charge on any atom is -0.469 e. The second-order valence-corrected chi connectivity index (χ2v) is 8.95. The molecule has 0 aliphatic carbocycles. The molecular weight excluding hydrogens is 360 g/mol. The molecule has 26 heavy (non-hydrogen) atoms. The number of nitrogens with zero attached hydrogens (tertiary/aromatic N) is 2. The van der Waals surface area contributed by atoms with Gasteiger partial charge in [-0.2, -0.15) is 17.0 Å². The van der Waals surface area contributed by atoms with Crippen LogP contribution in [-0.4, -0.2) is 81.8 Å². The molecular formula is C16H30N4O5S. The summed E-state index contributed by atoms with van der Waals surface area (Å²) in [5, 5.41) is 6.10. The van der Waals surface area contributed by atoms with Gasteiger partial charge in [-0.05, 0) is 38.1 Å². The van der Waals surface area contributed by atoms with Crippen molar-refractivity contribution < 1.29 is 22.7 Å². The highest BCUT2D eigenvalue weighted by Crippen LogP contribution is 2.20. The summed E-state index contributed by atoms with van der Waals surface area (Å²) in [4.78, 5) is 23.3. The molecule has 2 atom stereocenters. The van der Waals surface area contributed by atoms with Crippen molar-refractivity contribution in [1.29, 1.82) is 0 Å². The van der Waals surface area contributed by atoms with Gasteiger partial charge in [0.25, 0.3) is 10.2 Å². The molecule has 2 aliphatic rings. The number of rotatable bonds is 8. The molecule has 0 radical (unpaired) electrons. The van der Waals surface area contributed by atoms with Crippen LogP contribution in [0.25, 0.3) is 0 Å². The standard InChI is InChI=1S/C16H30N4O5S/c1-19(10-7-15(21)25-2)26(23,24)20-9-4-5-13(12-20)11-18-16(22)14-6-3-8-17-14/h13-14,17H,3-12H2,1-2H3,(H,18,22). The van der Waals surface area contributed by atoms with Gasteiger partial charge in [0.1, 0.15) is 0 Å². The summed E-state index contributed by atoms with van der Waals surface area (Å²) in [6.07, 6.45) is 3.52. The lowest BCUT2D eigenvalue weighted by Crippen LogP contribution is -2.50. The van der Waals surface area contributed by atoms with Crippen LogP contribution in [0.1, 0.15) is 32.1 Å². The van der Waals surface area contributed by atoms with Crippen LogP contribution in [0, 0.1) is 5.92 Å². The highest BCUT2D eigenvalue weighted by molar-refractivity contribution is 7.86. The average molecular weight is 391 g/mol. The molecule has 0 spiro atoms. The van der Waals surface area contributed by atoms with Gasteiger partial charge in [0, 0.05) is 33.2 Å². The second kappa shape index (κ2) is 9.63. The minimum atomic E-state index is -3.62. The molecule has 150 valence electrons. The fourth-order valence-corrected chi connectivity index (χ4v) is 4.82. The zero-order valence-corrected chi connectivity index (χ0v) is 16.4. The second-order valence-electron chi connectivity index (χ2n) is 6.92. The summed E-state index contributed by atoms with van der Waals surface area (Å²) in [7, 11) is -0.872. The Morgan fingerprint density at radius 2 is 2.08 bits per heavy atom. The lowest BCUT2D eigenvalue weighted by Gasteiger charge is -2.34. The first-order valence-corrected chi connectivity index (χ1v) is 10.5. The monoisotopic (exact) mass is 390 g/mol. The van der Waals surface area contributed by atoms with Crippen LogP contribution in [0.5, 0.6) is 0 Å². The lowest BCUT2D eigenvalue weighted by molar-refractivity contribution is -0.140. The maximum Gasteiger partial charge on any atom is 0.306 e. The van der Waals surface area contributed by atoms with Crippen molar-refractivity contribution >= 4 is 22.1 Å². The zero-order chi connectivity index (χ0) is 19.2. The van der Waals surface area contributed by atoms with Gasteiger partial charge < -0.3 is 15.4 Å². The number of nitrogens with one attached hydrogen (secondary N) is 2. The molecule has 0 saturated carbocycles. The van der Waals surface area contributed by atoms with E-state index in [-0.39, 0.29) is 30.8 Å². The van der Waals surface area contributed by atoms with Crippen LogP contribution in [-0.2, 0) is 24.5 Å². The molecule has 2 saturated heterocycles. The van der Waals surface area contributed by atoms with E-state index >= 15 is 0 Å². The smallest absolute Gasteiger partial charge is 0.306 e. The third kappa shape index (κ3) is 5.63. The number of carbonyl (C=O) groups is 2. The van der Waals surface area contributed by atoms with Crippen LogP contribution in [0.3, 0.4) is 0 Å². The zero-order valence-electron chi connectivity index (χ0n) is 15.6. The van der Waals surface area contributed by atoms with E-state index in [0.717, 1.165) is 32.2 Å². The van der Waals surface area contributed by atoms with Gasteiger partial charge in [0.2, 0.25) is 5.91 Å². The van der Waals surface area contributed by atoms with Crippen molar-refractivity contribution in [3.05, 3.63) is 0 Å². The predicted molar refractivity (Wildman–Crippen MR) is 96.5 cm³/mol. The first-order chi connectivity index (χ1) is 12.3. The van der Waals surface area contributed by atoms with Crippen molar-refractivity contribution in [2.75, 3.05) is 46.9 Å². The maximum atomic E-state index is 12.7. The fourth-order valence-electron chi connectivity index (χ4n) is 3.34. The van der Waals surface area contributed by atoms with E-state index < -0.39 is 16.2 Å². The number of carbonyl (C=O) groups excluding carboxylic acids is 2. The van der Waals surface area contributed by atoms with E-state index in [1.54, 1.807) is 0 Å². The Balaban J connectivity index is 1.83. The Morgan fingerprint density at radius 1 is 1.31 bits per heavy atom. The number of amides is 1. The highest BCUT2D eigenvalue weighted by Gasteiger charge is 2.32. The normalized spacial score (nSPS) is 24.6. The summed E-state index contributed by atoms with van der Waals surface area (Å²) in [5.74, 6) is -0.345. The number of ether oxygens (including phenoxy) is 1. The average Bonchev–Trinajstić information content (AvgIpc) is 3.18. The van der Waals surface area contributed by atoms with Gasteiger partial charge in [-0.15, -0.1) is 0 Å². The van der Waals surface area contributed by atoms with E-state index in [4.69, 9.17) is 0 Å². The van der Waals surface area contributed by atoms with Crippen molar-refractivity contribution in [1.82, 2.24) is 19.2 Å². The van der Waals surface area contributed by atoms with E-state index in [2.05, 4.69) is 15.4 Å². The molecule has 1 amide bonds. The highest BCUT2D eigenvalue weighted by atomic mass is 32.2. The molecule has 10 heteroatoms. The SMILES string of the molecule is COC(=O)CCN(C)S(=O)(=O)N1CCCC(CNC(=O)C2CCCN2)C1. The number of hydrogen-bond donors (Lipinski definition) is 2. The molecule has 0 aromatic heterocycles. The molecule has 0 aromatic carbocycles. The van der Waals surface area contributed by atoms with Crippen molar-refractivity contribution in [2.24, 2.45) is 5.92 Å². The molecule has 2 rings (SSSR count). The number of methoxy groups -OCH3 is 1. The van der Waals surface area contributed by atoms with Gasteiger partial charge in [0.15, 0.2) is 0 Å². The predicted octanol–water partition coefficient (Wildman–Crippen LogP) is -0.694. The van der Waals surface area contributed by atoms with Gasteiger partial charge in [-0.3, -0.25) is 9.59 Å². The minimum absolute atomic E-state index is 0.00215. The van der Waals surface area contributed by atoms with E-state index in [1.807, 2.05) is 0 Å². The van der Waals surface area contributed by atoms with E-state index in [0.29, 0.717) is 19.6 Å².